The third-order valence-electron chi connectivity index (χ3n) is 3.22. The average Bonchev–Trinajstić information content (AvgIpc) is 2.88. The van der Waals surface area contributed by atoms with E-state index in [-0.39, 0.29) is 6.04 Å². The second-order valence-electron chi connectivity index (χ2n) is 5.01. The second-order valence-corrected chi connectivity index (χ2v) is 5.01. The molecule has 6 nitrogen and oxygen atoms in total. The van der Waals surface area contributed by atoms with Crippen LogP contribution in [0.3, 0.4) is 0 Å². The minimum absolute atomic E-state index is 0.287. The molecule has 0 spiro atoms. The van der Waals surface area contributed by atoms with Crippen LogP contribution in [0, 0.1) is 6.92 Å². The fraction of sp³-hybridized carbons (Fsp3) is 0.538. The summed E-state index contributed by atoms with van der Waals surface area (Å²) in [7, 11) is 1.95. The number of hydrogen-bond acceptors (Lipinski definition) is 4. The van der Waals surface area contributed by atoms with Gasteiger partial charge in [-0.1, -0.05) is 0 Å². The van der Waals surface area contributed by atoms with Crippen LogP contribution in [0.4, 0.5) is 11.5 Å². The smallest absolute Gasteiger partial charge is 0.148 e. The Morgan fingerprint density at radius 3 is 2.74 bits per heavy atom. The van der Waals surface area contributed by atoms with Crippen molar-refractivity contribution in [2.45, 2.75) is 33.2 Å². The molecule has 0 bridgehead atoms. The zero-order chi connectivity index (χ0) is 14.0. The van der Waals surface area contributed by atoms with Crippen molar-refractivity contribution in [2.75, 3.05) is 17.6 Å². The van der Waals surface area contributed by atoms with Crippen molar-refractivity contribution in [1.82, 2.24) is 19.6 Å². The maximum atomic E-state index is 6.07. The Morgan fingerprint density at radius 1 is 1.42 bits per heavy atom. The molecule has 0 radical (unpaired) electrons. The molecule has 0 fully saturated rings. The Morgan fingerprint density at radius 2 is 2.16 bits per heavy atom. The predicted molar refractivity (Wildman–Crippen MR) is 77.2 cm³/mol. The Hall–Kier alpha value is -1.98. The number of anilines is 2. The van der Waals surface area contributed by atoms with Crippen LogP contribution >= 0.6 is 0 Å². The molecule has 0 atom stereocenters. The summed E-state index contributed by atoms with van der Waals surface area (Å²) in [5.74, 6) is 0.912. The van der Waals surface area contributed by atoms with Gasteiger partial charge in [-0.05, 0) is 26.8 Å². The number of rotatable bonds is 5. The summed E-state index contributed by atoms with van der Waals surface area (Å²) in [6, 6.07) is 2.31. The third-order valence-corrected chi connectivity index (χ3v) is 3.22. The van der Waals surface area contributed by atoms with Crippen molar-refractivity contribution < 1.29 is 0 Å². The average molecular weight is 262 g/mol. The largest absolute Gasteiger partial charge is 0.394 e. The zero-order valence-electron chi connectivity index (χ0n) is 12.0. The highest BCUT2D eigenvalue weighted by Gasteiger charge is 2.14. The van der Waals surface area contributed by atoms with Gasteiger partial charge in [-0.15, -0.1) is 0 Å². The Kier molecular flexibility index (Phi) is 3.78. The molecule has 0 aromatic carbocycles. The number of nitrogens with zero attached hydrogens (tertiary/aromatic N) is 4. The molecule has 0 unspecified atom stereocenters. The molecule has 104 valence electrons. The van der Waals surface area contributed by atoms with Crippen LogP contribution in [0.2, 0.25) is 0 Å². The van der Waals surface area contributed by atoms with Gasteiger partial charge in [0.15, 0.2) is 0 Å². The molecule has 2 aromatic heterocycles. The topological polar surface area (TPSA) is 73.7 Å². The molecule has 0 aliphatic rings. The summed E-state index contributed by atoms with van der Waals surface area (Å²) in [5.41, 5.74) is 8.87. The molecule has 0 aliphatic heterocycles. The first kappa shape index (κ1) is 13.5. The molecule has 0 saturated heterocycles. The molecule has 2 heterocycles. The summed E-state index contributed by atoms with van der Waals surface area (Å²) in [4.78, 5) is 0. The van der Waals surface area contributed by atoms with Gasteiger partial charge in [0.25, 0.3) is 0 Å². The van der Waals surface area contributed by atoms with Crippen LogP contribution in [0.5, 0.6) is 0 Å². The molecule has 0 aliphatic carbocycles. The predicted octanol–water partition coefficient (Wildman–Crippen LogP) is 1.74. The summed E-state index contributed by atoms with van der Waals surface area (Å²) >= 11 is 0. The Labute approximate surface area is 113 Å². The number of hydrogen-bond donors (Lipinski definition) is 2. The van der Waals surface area contributed by atoms with Gasteiger partial charge in [0, 0.05) is 37.9 Å². The van der Waals surface area contributed by atoms with Gasteiger partial charge in [0.05, 0.1) is 11.4 Å². The molecule has 3 N–H and O–H groups in total. The van der Waals surface area contributed by atoms with Gasteiger partial charge in [-0.3, -0.25) is 4.68 Å². The van der Waals surface area contributed by atoms with Gasteiger partial charge in [0.2, 0.25) is 0 Å². The number of nitrogens with two attached hydrogens (primary N) is 1. The third kappa shape index (κ3) is 2.72. The van der Waals surface area contributed by atoms with Crippen molar-refractivity contribution in [2.24, 2.45) is 7.05 Å². The van der Waals surface area contributed by atoms with Crippen LogP contribution in [0.25, 0.3) is 0 Å². The monoisotopic (exact) mass is 262 g/mol. The number of aromatic nitrogens is 4. The fourth-order valence-corrected chi connectivity index (χ4v) is 2.07. The van der Waals surface area contributed by atoms with E-state index < -0.39 is 0 Å². The summed E-state index contributed by atoms with van der Waals surface area (Å²) in [5, 5.41) is 12.0. The van der Waals surface area contributed by atoms with Crippen molar-refractivity contribution >= 4 is 11.5 Å². The lowest BCUT2D eigenvalue weighted by atomic mass is 10.3. The summed E-state index contributed by atoms with van der Waals surface area (Å²) in [6.45, 7) is 6.93. The maximum absolute atomic E-state index is 6.07. The van der Waals surface area contributed by atoms with Crippen LogP contribution in [0.1, 0.15) is 31.3 Å². The SMILES string of the molecule is Cc1nn(C(C)C)c(NCCc2ccnn2C)c1N. The van der Waals surface area contributed by atoms with E-state index in [4.69, 9.17) is 5.73 Å². The normalized spacial score (nSPS) is 11.2. The molecule has 0 amide bonds. The lowest BCUT2D eigenvalue weighted by molar-refractivity contribution is 0.534. The maximum Gasteiger partial charge on any atom is 0.148 e. The van der Waals surface area contributed by atoms with Gasteiger partial charge < -0.3 is 11.1 Å². The highest BCUT2D eigenvalue weighted by atomic mass is 15.4. The van der Waals surface area contributed by atoms with Crippen molar-refractivity contribution in [3.8, 4) is 0 Å². The molecule has 0 saturated carbocycles. The van der Waals surface area contributed by atoms with E-state index in [1.165, 1.54) is 5.69 Å². The van der Waals surface area contributed by atoms with E-state index in [1.54, 1.807) is 0 Å². The first-order valence-corrected chi connectivity index (χ1v) is 6.56. The Balaban J connectivity index is 2.05. The van der Waals surface area contributed by atoms with E-state index in [9.17, 15) is 0 Å². The quantitative estimate of drug-likeness (QED) is 0.861. The molecule has 2 aromatic rings. The standard InChI is InChI=1S/C13H22N6/c1-9(2)19-13(12(14)10(3)17-19)15-7-5-11-6-8-16-18(11)4/h6,8-9,15H,5,7,14H2,1-4H3. The first-order valence-electron chi connectivity index (χ1n) is 6.56. The number of aryl methyl sites for hydroxylation is 2. The van der Waals surface area contributed by atoms with E-state index in [1.807, 2.05) is 35.6 Å². The summed E-state index contributed by atoms with van der Waals surface area (Å²) < 4.78 is 3.82. The minimum atomic E-state index is 0.287. The minimum Gasteiger partial charge on any atom is -0.394 e. The van der Waals surface area contributed by atoms with Crippen molar-refractivity contribution in [3.05, 3.63) is 23.7 Å². The molecule has 6 heteroatoms. The van der Waals surface area contributed by atoms with Crippen LogP contribution in [-0.4, -0.2) is 26.1 Å². The van der Waals surface area contributed by atoms with E-state index in [2.05, 4.69) is 29.4 Å². The van der Waals surface area contributed by atoms with E-state index >= 15 is 0 Å². The van der Waals surface area contributed by atoms with Crippen molar-refractivity contribution in [3.63, 3.8) is 0 Å². The van der Waals surface area contributed by atoms with E-state index in [0.717, 1.165) is 30.2 Å². The lowest BCUT2D eigenvalue weighted by Crippen LogP contribution is -2.14. The van der Waals surface area contributed by atoms with Crippen molar-refractivity contribution in [1.29, 1.82) is 0 Å². The number of nitrogens with one attached hydrogen (secondary N) is 1. The highest BCUT2D eigenvalue weighted by molar-refractivity contribution is 5.64. The van der Waals surface area contributed by atoms with Crippen LogP contribution in [0.15, 0.2) is 12.3 Å². The van der Waals surface area contributed by atoms with Crippen LogP contribution in [-0.2, 0) is 13.5 Å². The van der Waals surface area contributed by atoms with Gasteiger partial charge >= 0.3 is 0 Å². The lowest BCUT2D eigenvalue weighted by Gasteiger charge is -2.13. The zero-order valence-corrected chi connectivity index (χ0v) is 12.0. The molecule has 19 heavy (non-hydrogen) atoms. The van der Waals surface area contributed by atoms with Gasteiger partial charge in [-0.25, -0.2) is 4.68 Å². The molecular weight excluding hydrogens is 240 g/mol. The highest BCUT2D eigenvalue weighted by Crippen LogP contribution is 2.25. The molecule has 2 rings (SSSR count). The Bertz CT molecular complexity index is 551. The number of nitrogen functional groups attached to an aromatic ring is 1. The first-order chi connectivity index (χ1) is 9.00. The second kappa shape index (κ2) is 5.34. The summed E-state index contributed by atoms with van der Waals surface area (Å²) in [6.07, 6.45) is 2.71. The fourth-order valence-electron chi connectivity index (χ4n) is 2.07. The van der Waals surface area contributed by atoms with Gasteiger partial charge in [-0.2, -0.15) is 10.2 Å². The molecular formula is C13H22N6. The van der Waals surface area contributed by atoms with Crippen LogP contribution < -0.4 is 11.1 Å². The van der Waals surface area contributed by atoms with E-state index in [0.29, 0.717) is 0 Å². The van der Waals surface area contributed by atoms with Gasteiger partial charge in [0.1, 0.15) is 5.82 Å².